The highest BCUT2D eigenvalue weighted by molar-refractivity contribution is 7.13. The van der Waals surface area contributed by atoms with E-state index in [1.807, 2.05) is 10.3 Å². The first-order valence-corrected chi connectivity index (χ1v) is 7.26. The molecular weight excluding hydrogens is 248 g/mol. The fourth-order valence-electron chi connectivity index (χ4n) is 3.03. The zero-order valence-electron chi connectivity index (χ0n) is 10.7. The Morgan fingerprint density at radius 2 is 2.33 bits per heavy atom. The second-order valence-electron chi connectivity index (χ2n) is 5.25. The molecule has 2 saturated heterocycles. The lowest BCUT2D eigenvalue weighted by atomic mass is 10.2. The van der Waals surface area contributed by atoms with Gasteiger partial charge < -0.3 is 4.90 Å². The monoisotopic (exact) mass is 266 g/mol. The highest BCUT2D eigenvalue weighted by Gasteiger charge is 2.45. The topological polar surface area (TPSA) is 48.5 Å². The van der Waals surface area contributed by atoms with Crippen molar-refractivity contribution in [2.45, 2.75) is 38.4 Å². The van der Waals surface area contributed by atoms with Crippen LogP contribution in [0.5, 0.6) is 0 Å². The zero-order chi connectivity index (χ0) is 12.7. The maximum atomic E-state index is 12.1. The van der Waals surface area contributed by atoms with Gasteiger partial charge in [-0.2, -0.15) is 0 Å². The number of aromatic nitrogens is 1. The smallest absolute Gasteiger partial charge is 0.319 e. The minimum Gasteiger partial charge on any atom is -0.319 e. The molecule has 2 fully saturated rings. The Labute approximate surface area is 111 Å². The van der Waals surface area contributed by atoms with Crippen LogP contribution in [0.2, 0.25) is 0 Å². The van der Waals surface area contributed by atoms with Crippen molar-refractivity contribution in [1.82, 2.24) is 14.8 Å². The molecule has 2 aliphatic heterocycles. The normalized spacial score (nSPS) is 27.2. The molecule has 1 N–H and O–H groups in total. The summed E-state index contributed by atoms with van der Waals surface area (Å²) >= 11 is 1.46. The molecule has 3 heterocycles. The van der Waals surface area contributed by atoms with Crippen LogP contribution < -0.4 is 5.32 Å². The summed E-state index contributed by atoms with van der Waals surface area (Å²) in [5.74, 6) is 0. The van der Waals surface area contributed by atoms with E-state index in [9.17, 15) is 4.79 Å². The Balaban J connectivity index is 1.62. The number of fused-ring (bicyclic) bond motifs is 2. The van der Waals surface area contributed by atoms with Gasteiger partial charge in [-0.25, -0.2) is 9.78 Å². The summed E-state index contributed by atoms with van der Waals surface area (Å²) in [6.45, 7) is 6.30. The number of carbonyl (C=O) groups is 1. The Kier molecular flexibility index (Phi) is 2.99. The summed E-state index contributed by atoms with van der Waals surface area (Å²) in [5, 5.41) is 5.42. The predicted molar refractivity (Wildman–Crippen MR) is 71.9 cm³/mol. The molecule has 5 nitrogen and oxygen atoms in total. The molecule has 0 radical (unpaired) electrons. The molecule has 2 aliphatic rings. The van der Waals surface area contributed by atoms with E-state index in [4.69, 9.17) is 0 Å². The molecule has 2 amide bonds. The van der Waals surface area contributed by atoms with Crippen LogP contribution in [0, 0.1) is 0 Å². The van der Waals surface area contributed by atoms with Gasteiger partial charge in [-0.15, -0.1) is 11.3 Å². The third-order valence-electron chi connectivity index (χ3n) is 3.85. The van der Waals surface area contributed by atoms with Crippen LogP contribution in [-0.4, -0.2) is 52.0 Å². The van der Waals surface area contributed by atoms with Crippen LogP contribution in [0.15, 0.2) is 11.6 Å². The van der Waals surface area contributed by atoms with E-state index in [1.165, 1.54) is 11.3 Å². The molecule has 2 bridgehead atoms. The summed E-state index contributed by atoms with van der Waals surface area (Å²) in [4.78, 5) is 20.7. The average Bonchev–Trinajstić information content (AvgIpc) is 3.03. The van der Waals surface area contributed by atoms with E-state index in [0.29, 0.717) is 23.3 Å². The highest BCUT2D eigenvalue weighted by atomic mass is 32.1. The lowest BCUT2D eigenvalue weighted by Crippen LogP contribution is -2.51. The Bertz CT molecular complexity index is 433. The molecule has 0 saturated carbocycles. The number of piperazine rings is 1. The van der Waals surface area contributed by atoms with Crippen LogP contribution >= 0.6 is 11.3 Å². The SMILES string of the molecule is CC(C)N1C[C@@H]2C[C@H]1CN2C(=O)Nc1nccs1. The number of likely N-dealkylation sites (tertiary alicyclic amines) is 2. The highest BCUT2D eigenvalue weighted by Crippen LogP contribution is 2.32. The maximum Gasteiger partial charge on any atom is 0.323 e. The predicted octanol–water partition coefficient (Wildman–Crippen LogP) is 1.84. The number of thiazole rings is 1. The molecule has 2 atom stereocenters. The first kappa shape index (κ1) is 11.9. The van der Waals surface area contributed by atoms with Crippen molar-refractivity contribution in [3.05, 3.63) is 11.6 Å². The fraction of sp³-hybridized carbons (Fsp3) is 0.667. The van der Waals surface area contributed by atoms with Crippen LogP contribution in [0.4, 0.5) is 9.93 Å². The Morgan fingerprint density at radius 1 is 1.50 bits per heavy atom. The lowest BCUT2D eigenvalue weighted by molar-refractivity contribution is 0.121. The molecule has 0 aromatic carbocycles. The molecule has 0 spiro atoms. The summed E-state index contributed by atoms with van der Waals surface area (Å²) in [5.41, 5.74) is 0. The summed E-state index contributed by atoms with van der Waals surface area (Å²) < 4.78 is 0. The van der Waals surface area contributed by atoms with Crippen LogP contribution in [0.25, 0.3) is 0 Å². The molecule has 3 rings (SSSR count). The lowest BCUT2D eigenvalue weighted by Gasteiger charge is -2.36. The third kappa shape index (κ3) is 1.99. The molecule has 18 heavy (non-hydrogen) atoms. The second-order valence-corrected chi connectivity index (χ2v) is 6.15. The first-order chi connectivity index (χ1) is 8.65. The summed E-state index contributed by atoms with van der Waals surface area (Å²) in [7, 11) is 0. The second kappa shape index (κ2) is 4.51. The maximum absolute atomic E-state index is 12.1. The minimum absolute atomic E-state index is 0.000793. The van der Waals surface area contributed by atoms with E-state index in [0.717, 1.165) is 19.5 Å². The number of urea groups is 1. The van der Waals surface area contributed by atoms with Crippen molar-refractivity contribution < 1.29 is 4.79 Å². The van der Waals surface area contributed by atoms with Gasteiger partial charge in [0, 0.05) is 42.8 Å². The first-order valence-electron chi connectivity index (χ1n) is 6.38. The molecule has 6 heteroatoms. The van der Waals surface area contributed by atoms with Gasteiger partial charge in [0.25, 0.3) is 0 Å². The van der Waals surface area contributed by atoms with Gasteiger partial charge in [0.2, 0.25) is 0 Å². The van der Waals surface area contributed by atoms with Gasteiger partial charge in [0.05, 0.1) is 0 Å². The number of amides is 2. The van der Waals surface area contributed by atoms with Crippen molar-refractivity contribution >= 4 is 22.5 Å². The zero-order valence-corrected chi connectivity index (χ0v) is 11.5. The van der Waals surface area contributed by atoms with Gasteiger partial charge >= 0.3 is 6.03 Å². The number of hydrogen-bond acceptors (Lipinski definition) is 4. The average molecular weight is 266 g/mol. The molecule has 0 aliphatic carbocycles. The Hall–Kier alpha value is -1.14. The van der Waals surface area contributed by atoms with Gasteiger partial charge in [0.15, 0.2) is 5.13 Å². The summed E-state index contributed by atoms with van der Waals surface area (Å²) in [6.07, 6.45) is 2.82. The van der Waals surface area contributed by atoms with Crippen molar-refractivity contribution in [2.75, 3.05) is 18.4 Å². The quantitative estimate of drug-likeness (QED) is 0.888. The standard InChI is InChI=1S/C12H18N4OS/c1-8(2)15-6-10-5-9(15)7-16(10)12(17)14-11-13-3-4-18-11/h3-4,8-10H,5-7H2,1-2H3,(H,13,14,17)/t9-,10-/m0/s1. The van der Waals surface area contributed by atoms with E-state index in [-0.39, 0.29) is 6.03 Å². The van der Waals surface area contributed by atoms with E-state index < -0.39 is 0 Å². The van der Waals surface area contributed by atoms with E-state index >= 15 is 0 Å². The number of nitrogens with zero attached hydrogens (tertiary/aromatic N) is 3. The molecular formula is C12H18N4OS. The van der Waals surface area contributed by atoms with Crippen LogP contribution in [0.3, 0.4) is 0 Å². The van der Waals surface area contributed by atoms with Gasteiger partial charge in [-0.05, 0) is 20.3 Å². The largest absolute Gasteiger partial charge is 0.323 e. The molecule has 0 unspecified atom stereocenters. The number of nitrogens with one attached hydrogen (secondary N) is 1. The van der Waals surface area contributed by atoms with Crippen LogP contribution in [-0.2, 0) is 0 Å². The summed E-state index contributed by atoms with van der Waals surface area (Å²) in [6, 6.07) is 1.49. The van der Waals surface area contributed by atoms with E-state index in [2.05, 4.69) is 29.0 Å². The third-order valence-corrected chi connectivity index (χ3v) is 4.54. The van der Waals surface area contributed by atoms with E-state index in [1.54, 1.807) is 6.20 Å². The number of hydrogen-bond donors (Lipinski definition) is 1. The molecule has 98 valence electrons. The molecule has 1 aromatic heterocycles. The minimum atomic E-state index is 0.000793. The van der Waals surface area contributed by atoms with Crippen molar-refractivity contribution in [2.24, 2.45) is 0 Å². The van der Waals surface area contributed by atoms with Gasteiger partial charge in [-0.1, -0.05) is 0 Å². The van der Waals surface area contributed by atoms with Gasteiger partial charge in [-0.3, -0.25) is 10.2 Å². The van der Waals surface area contributed by atoms with Crippen molar-refractivity contribution in [1.29, 1.82) is 0 Å². The number of carbonyl (C=O) groups excluding carboxylic acids is 1. The number of anilines is 1. The van der Waals surface area contributed by atoms with Crippen molar-refractivity contribution in [3.8, 4) is 0 Å². The Morgan fingerprint density at radius 3 is 2.89 bits per heavy atom. The molecule has 1 aromatic rings. The number of rotatable bonds is 2. The fourth-order valence-corrected chi connectivity index (χ4v) is 3.55. The van der Waals surface area contributed by atoms with Crippen LogP contribution in [0.1, 0.15) is 20.3 Å². The van der Waals surface area contributed by atoms with Crippen molar-refractivity contribution in [3.63, 3.8) is 0 Å². The van der Waals surface area contributed by atoms with Gasteiger partial charge in [0.1, 0.15) is 0 Å².